The van der Waals surface area contributed by atoms with Crippen molar-refractivity contribution in [3.05, 3.63) is 30.3 Å². The second-order valence-corrected chi connectivity index (χ2v) is 9.09. The Hall–Kier alpha value is -1.80. The van der Waals surface area contributed by atoms with E-state index in [1.54, 1.807) is 11.8 Å². The first kappa shape index (κ1) is 19.0. The Labute approximate surface area is 156 Å². The molecule has 1 N–H and O–H groups in total. The monoisotopic (exact) mass is 380 g/mol. The second-order valence-electron chi connectivity index (χ2n) is 6.83. The molecule has 1 aromatic carbocycles. The van der Waals surface area contributed by atoms with Crippen LogP contribution in [0.15, 0.2) is 30.3 Å². The van der Waals surface area contributed by atoms with Crippen molar-refractivity contribution in [2.45, 2.75) is 25.8 Å². The van der Waals surface area contributed by atoms with Gasteiger partial charge in [0, 0.05) is 51.0 Å². The lowest BCUT2D eigenvalue weighted by Gasteiger charge is -2.37. The Morgan fingerprint density at radius 1 is 1.04 bits per heavy atom. The number of carbonyl (C=O) groups is 1. The number of rotatable bonds is 4. The van der Waals surface area contributed by atoms with Crippen molar-refractivity contribution in [2.24, 2.45) is 0 Å². The predicted molar refractivity (Wildman–Crippen MR) is 103 cm³/mol. The lowest BCUT2D eigenvalue weighted by molar-refractivity contribution is 0.167. The summed E-state index contributed by atoms with van der Waals surface area (Å²) in [6, 6.07) is 10.4. The fourth-order valence-electron chi connectivity index (χ4n) is 3.54. The topological polar surface area (TPSA) is 73.0 Å². The minimum Gasteiger partial charge on any atom is -0.371 e. The van der Waals surface area contributed by atoms with Gasteiger partial charge in [0.05, 0.1) is 5.75 Å². The number of anilines is 1. The fourth-order valence-corrected chi connectivity index (χ4v) is 4.62. The Morgan fingerprint density at radius 2 is 1.65 bits per heavy atom. The number of hydrogen-bond donors (Lipinski definition) is 1. The normalized spacial score (nSPS) is 20.2. The van der Waals surface area contributed by atoms with Gasteiger partial charge >= 0.3 is 6.03 Å². The molecule has 8 heteroatoms. The molecular weight excluding hydrogens is 352 g/mol. The third-order valence-corrected chi connectivity index (χ3v) is 7.11. The summed E-state index contributed by atoms with van der Waals surface area (Å²) in [5.41, 5.74) is 1.23. The highest BCUT2D eigenvalue weighted by molar-refractivity contribution is 7.89. The standard InChI is InChI=1S/C18H28N4O3S/c1-2-26(24,25)22-14-12-21(13-15-22)18(23)19-16-8-10-20(11-9-16)17-6-4-3-5-7-17/h3-7,16H,2,8-15H2,1H3,(H,19,23). The first-order chi connectivity index (χ1) is 12.5. The number of amides is 2. The molecule has 2 amide bonds. The first-order valence-electron chi connectivity index (χ1n) is 9.33. The molecule has 0 atom stereocenters. The summed E-state index contributed by atoms with van der Waals surface area (Å²) in [7, 11) is -3.16. The van der Waals surface area contributed by atoms with Crippen LogP contribution in [0, 0.1) is 0 Å². The zero-order valence-electron chi connectivity index (χ0n) is 15.3. The zero-order chi connectivity index (χ0) is 18.6. The van der Waals surface area contributed by atoms with Gasteiger partial charge in [0.15, 0.2) is 0 Å². The van der Waals surface area contributed by atoms with Crippen molar-refractivity contribution < 1.29 is 13.2 Å². The molecule has 2 heterocycles. The van der Waals surface area contributed by atoms with E-state index in [-0.39, 0.29) is 17.8 Å². The van der Waals surface area contributed by atoms with Crippen LogP contribution in [0.1, 0.15) is 19.8 Å². The molecule has 7 nitrogen and oxygen atoms in total. The van der Waals surface area contributed by atoms with E-state index in [0.29, 0.717) is 26.2 Å². The van der Waals surface area contributed by atoms with Gasteiger partial charge in [-0.05, 0) is 31.9 Å². The molecule has 3 rings (SSSR count). The van der Waals surface area contributed by atoms with Gasteiger partial charge in [0.25, 0.3) is 0 Å². The van der Waals surface area contributed by atoms with Crippen LogP contribution in [0.3, 0.4) is 0 Å². The van der Waals surface area contributed by atoms with E-state index in [9.17, 15) is 13.2 Å². The maximum Gasteiger partial charge on any atom is 0.317 e. The van der Waals surface area contributed by atoms with Crippen LogP contribution in [0.25, 0.3) is 0 Å². The number of urea groups is 1. The largest absolute Gasteiger partial charge is 0.371 e. The van der Waals surface area contributed by atoms with Gasteiger partial charge in [-0.1, -0.05) is 18.2 Å². The SMILES string of the molecule is CCS(=O)(=O)N1CCN(C(=O)NC2CCN(c3ccccc3)CC2)CC1. The summed E-state index contributed by atoms with van der Waals surface area (Å²) in [4.78, 5) is 16.5. The molecular formula is C18H28N4O3S. The number of piperidine rings is 1. The maximum atomic E-state index is 12.5. The van der Waals surface area contributed by atoms with E-state index in [1.165, 1.54) is 9.99 Å². The predicted octanol–water partition coefficient (Wildman–Crippen LogP) is 1.33. The number of nitrogens with zero attached hydrogens (tertiary/aromatic N) is 3. The molecule has 0 saturated carbocycles. The molecule has 0 aliphatic carbocycles. The maximum absolute atomic E-state index is 12.5. The molecule has 1 aromatic rings. The van der Waals surface area contributed by atoms with E-state index >= 15 is 0 Å². The molecule has 0 unspecified atom stereocenters. The highest BCUT2D eigenvalue weighted by atomic mass is 32.2. The molecule has 2 saturated heterocycles. The Bertz CT molecular complexity index is 694. The van der Waals surface area contributed by atoms with Gasteiger partial charge < -0.3 is 15.1 Å². The molecule has 0 spiro atoms. The van der Waals surface area contributed by atoms with Crippen LogP contribution in [-0.4, -0.2) is 74.7 Å². The van der Waals surface area contributed by atoms with Crippen molar-refractivity contribution in [1.29, 1.82) is 0 Å². The van der Waals surface area contributed by atoms with Crippen molar-refractivity contribution in [2.75, 3.05) is 49.9 Å². The average Bonchev–Trinajstić information content (AvgIpc) is 2.69. The molecule has 2 fully saturated rings. The summed E-state index contributed by atoms with van der Waals surface area (Å²) in [6.45, 7) is 5.18. The number of piperazine rings is 1. The third kappa shape index (κ3) is 4.48. The summed E-state index contributed by atoms with van der Waals surface area (Å²) in [5, 5.41) is 3.12. The van der Waals surface area contributed by atoms with Crippen LogP contribution in [0.2, 0.25) is 0 Å². The van der Waals surface area contributed by atoms with Gasteiger partial charge in [-0.25, -0.2) is 13.2 Å². The van der Waals surface area contributed by atoms with E-state index in [0.717, 1.165) is 25.9 Å². The van der Waals surface area contributed by atoms with Crippen LogP contribution >= 0.6 is 0 Å². The van der Waals surface area contributed by atoms with Gasteiger partial charge in [-0.2, -0.15) is 4.31 Å². The highest BCUT2D eigenvalue weighted by Crippen LogP contribution is 2.19. The lowest BCUT2D eigenvalue weighted by atomic mass is 10.0. The van der Waals surface area contributed by atoms with Crippen LogP contribution in [0.5, 0.6) is 0 Å². The lowest BCUT2D eigenvalue weighted by Crippen LogP contribution is -2.55. The van der Waals surface area contributed by atoms with E-state index in [1.807, 2.05) is 18.2 Å². The zero-order valence-corrected chi connectivity index (χ0v) is 16.1. The fraction of sp³-hybridized carbons (Fsp3) is 0.611. The van der Waals surface area contributed by atoms with Crippen molar-refractivity contribution >= 4 is 21.7 Å². The second kappa shape index (κ2) is 8.26. The molecule has 2 aliphatic heterocycles. The van der Waals surface area contributed by atoms with Gasteiger partial charge in [-0.3, -0.25) is 0 Å². The molecule has 0 aromatic heterocycles. The first-order valence-corrected chi connectivity index (χ1v) is 10.9. The average molecular weight is 381 g/mol. The summed E-state index contributed by atoms with van der Waals surface area (Å²) < 4.78 is 25.3. The number of sulfonamides is 1. The van der Waals surface area contributed by atoms with Gasteiger partial charge in [-0.15, -0.1) is 0 Å². The van der Waals surface area contributed by atoms with Crippen molar-refractivity contribution in [3.63, 3.8) is 0 Å². The molecule has 26 heavy (non-hydrogen) atoms. The molecule has 144 valence electrons. The highest BCUT2D eigenvalue weighted by Gasteiger charge is 2.29. The summed E-state index contributed by atoms with van der Waals surface area (Å²) >= 11 is 0. The number of hydrogen-bond acceptors (Lipinski definition) is 4. The number of nitrogens with one attached hydrogen (secondary N) is 1. The smallest absolute Gasteiger partial charge is 0.317 e. The van der Waals surface area contributed by atoms with Crippen LogP contribution in [0.4, 0.5) is 10.5 Å². The van der Waals surface area contributed by atoms with Crippen molar-refractivity contribution in [1.82, 2.24) is 14.5 Å². The van der Waals surface area contributed by atoms with Gasteiger partial charge in [0.1, 0.15) is 0 Å². The van der Waals surface area contributed by atoms with Crippen molar-refractivity contribution in [3.8, 4) is 0 Å². The van der Waals surface area contributed by atoms with Crippen LogP contribution in [-0.2, 0) is 10.0 Å². The molecule has 0 radical (unpaired) electrons. The Kier molecular flexibility index (Phi) is 6.03. The number of para-hydroxylation sites is 1. The van der Waals surface area contributed by atoms with E-state index in [4.69, 9.17) is 0 Å². The van der Waals surface area contributed by atoms with E-state index in [2.05, 4.69) is 22.3 Å². The Balaban J connectivity index is 1.44. The van der Waals surface area contributed by atoms with Crippen LogP contribution < -0.4 is 10.2 Å². The number of benzene rings is 1. The quantitative estimate of drug-likeness (QED) is 0.855. The minimum atomic E-state index is -3.16. The van der Waals surface area contributed by atoms with E-state index < -0.39 is 10.0 Å². The summed E-state index contributed by atoms with van der Waals surface area (Å²) in [5.74, 6) is 0.110. The summed E-state index contributed by atoms with van der Waals surface area (Å²) in [6.07, 6.45) is 1.84. The Morgan fingerprint density at radius 3 is 2.23 bits per heavy atom. The molecule has 2 aliphatic rings. The minimum absolute atomic E-state index is 0.0725. The molecule has 0 bridgehead atoms. The van der Waals surface area contributed by atoms with Gasteiger partial charge in [0.2, 0.25) is 10.0 Å². The third-order valence-electron chi connectivity index (χ3n) is 5.23. The number of carbonyl (C=O) groups excluding carboxylic acids is 1.